The Labute approximate surface area is 179 Å². The Hall–Kier alpha value is -4.11. The average molecular weight is 417 g/mol. The van der Waals surface area contributed by atoms with E-state index < -0.39 is 5.97 Å². The number of nitrogens with zero attached hydrogens (tertiary/aromatic N) is 1. The second-order valence-electron chi connectivity index (χ2n) is 6.61. The number of carboxylic acids is 1. The Balaban J connectivity index is 1.80. The molecule has 3 aromatic carbocycles. The van der Waals surface area contributed by atoms with Gasteiger partial charge in [0.25, 0.3) is 0 Å². The Bertz CT molecular complexity index is 1130. The van der Waals surface area contributed by atoms with E-state index in [1.165, 1.54) is 24.3 Å². The van der Waals surface area contributed by atoms with Crippen LogP contribution in [0.4, 0.5) is 4.39 Å². The normalized spacial score (nSPS) is 10.9. The Morgan fingerprint density at radius 2 is 1.68 bits per heavy atom. The lowest BCUT2D eigenvalue weighted by Crippen LogP contribution is -2.01. The zero-order chi connectivity index (χ0) is 22.2. The summed E-state index contributed by atoms with van der Waals surface area (Å²) in [7, 11) is 0. The van der Waals surface area contributed by atoms with Gasteiger partial charge in [0.1, 0.15) is 12.4 Å². The fraction of sp³-hybridized carbons (Fsp3) is 0.120. The van der Waals surface area contributed by atoms with Gasteiger partial charge in [-0.2, -0.15) is 5.26 Å². The van der Waals surface area contributed by atoms with Gasteiger partial charge in [-0.3, -0.25) is 0 Å². The zero-order valence-corrected chi connectivity index (χ0v) is 16.8. The van der Waals surface area contributed by atoms with Gasteiger partial charge >= 0.3 is 5.97 Å². The summed E-state index contributed by atoms with van der Waals surface area (Å²) in [6.45, 7) is 2.53. The summed E-state index contributed by atoms with van der Waals surface area (Å²) in [5.74, 6) is -0.290. The summed E-state index contributed by atoms with van der Waals surface area (Å²) >= 11 is 0. The molecule has 0 radical (unpaired) electrons. The van der Waals surface area contributed by atoms with Crippen molar-refractivity contribution >= 4 is 17.6 Å². The van der Waals surface area contributed by atoms with Gasteiger partial charge in [-0.05, 0) is 66.1 Å². The lowest BCUT2D eigenvalue weighted by atomic mass is 10.0. The molecule has 0 atom stereocenters. The summed E-state index contributed by atoms with van der Waals surface area (Å²) < 4.78 is 24.7. The average Bonchev–Trinajstić information content (AvgIpc) is 2.78. The van der Waals surface area contributed by atoms with E-state index in [0.717, 1.165) is 11.1 Å². The number of carboxylic acid groups (broad SMARTS) is 1. The largest absolute Gasteiger partial charge is 0.490 e. The van der Waals surface area contributed by atoms with Crippen molar-refractivity contribution in [1.82, 2.24) is 0 Å². The van der Waals surface area contributed by atoms with Gasteiger partial charge in [-0.1, -0.05) is 30.3 Å². The van der Waals surface area contributed by atoms with Crippen molar-refractivity contribution in [3.05, 3.63) is 94.8 Å². The number of benzene rings is 3. The molecule has 3 rings (SSSR count). The third-order valence-corrected chi connectivity index (χ3v) is 4.45. The highest BCUT2D eigenvalue weighted by molar-refractivity contribution is 5.90. The Morgan fingerprint density at radius 3 is 2.29 bits per heavy atom. The van der Waals surface area contributed by atoms with Crippen LogP contribution in [-0.2, 0) is 6.61 Å². The number of allylic oxidation sites excluding steroid dienone is 1. The predicted molar refractivity (Wildman–Crippen MR) is 115 cm³/mol. The molecule has 3 aromatic rings. The molecule has 0 aromatic heterocycles. The van der Waals surface area contributed by atoms with Crippen LogP contribution in [0.25, 0.3) is 11.6 Å². The molecule has 0 spiro atoms. The van der Waals surface area contributed by atoms with E-state index in [1.54, 1.807) is 48.5 Å². The van der Waals surface area contributed by atoms with Crippen LogP contribution in [0.5, 0.6) is 11.5 Å². The van der Waals surface area contributed by atoms with Crippen molar-refractivity contribution in [3.8, 4) is 17.6 Å². The molecule has 31 heavy (non-hydrogen) atoms. The summed E-state index contributed by atoms with van der Waals surface area (Å²) in [6, 6.07) is 19.6. The molecule has 0 heterocycles. The SMILES string of the molecule is CCOc1cc(C=C(C#N)c2ccc(F)cc2)ccc1OCc1ccc(C(=O)O)cc1. The van der Waals surface area contributed by atoms with Crippen molar-refractivity contribution < 1.29 is 23.8 Å². The number of hydrogen-bond donors (Lipinski definition) is 1. The highest BCUT2D eigenvalue weighted by atomic mass is 19.1. The first kappa shape index (κ1) is 21.6. The standard InChI is InChI=1S/C25H20FNO4/c1-2-30-24-14-18(13-21(15-27)19-8-10-22(26)11-9-19)5-12-23(24)31-16-17-3-6-20(7-4-17)25(28)29/h3-14H,2,16H2,1H3,(H,28,29). The minimum absolute atomic E-state index is 0.212. The summed E-state index contributed by atoms with van der Waals surface area (Å²) in [6.07, 6.45) is 1.70. The minimum Gasteiger partial charge on any atom is -0.490 e. The lowest BCUT2D eigenvalue weighted by Gasteiger charge is -2.13. The first-order valence-electron chi connectivity index (χ1n) is 9.59. The number of halogens is 1. The molecule has 0 bridgehead atoms. The zero-order valence-electron chi connectivity index (χ0n) is 16.8. The fourth-order valence-corrected chi connectivity index (χ4v) is 2.88. The molecule has 0 saturated heterocycles. The molecule has 0 fully saturated rings. The van der Waals surface area contributed by atoms with Crippen LogP contribution >= 0.6 is 0 Å². The third-order valence-electron chi connectivity index (χ3n) is 4.45. The summed E-state index contributed by atoms with van der Waals surface area (Å²) in [4.78, 5) is 11.0. The molecule has 5 nitrogen and oxygen atoms in total. The van der Waals surface area contributed by atoms with Gasteiger partial charge in [0.15, 0.2) is 11.5 Å². The molecule has 1 N–H and O–H groups in total. The first-order valence-corrected chi connectivity index (χ1v) is 9.59. The van der Waals surface area contributed by atoms with Crippen molar-refractivity contribution in [2.45, 2.75) is 13.5 Å². The van der Waals surface area contributed by atoms with E-state index >= 15 is 0 Å². The molecular weight excluding hydrogens is 397 g/mol. The Kier molecular flexibility index (Phi) is 7.02. The van der Waals surface area contributed by atoms with Crippen molar-refractivity contribution in [3.63, 3.8) is 0 Å². The number of nitriles is 1. The van der Waals surface area contributed by atoms with Gasteiger partial charge < -0.3 is 14.6 Å². The minimum atomic E-state index is -0.980. The van der Waals surface area contributed by atoms with Gasteiger partial charge in [0.2, 0.25) is 0 Å². The predicted octanol–water partition coefficient (Wildman–Crippen LogP) is 5.57. The van der Waals surface area contributed by atoms with Crippen molar-refractivity contribution in [2.24, 2.45) is 0 Å². The summed E-state index contributed by atoms with van der Waals surface area (Å²) in [5.41, 5.74) is 2.79. The van der Waals surface area contributed by atoms with Crippen LogP contribution in [0.2, 0.25) is 0 Å². The molecule has 0 saturated carbocycles. The smallest absolute Gasteiger partial charge is 0.335 e. The van der Waals surface area contributed by atoms with Crippen molar-refractivity contribution in [1.29, 1.82) is 5.26 Å². The van der Waals surface area contributed by atoms with Crippen LogP contribution in [0.3, 0.4) is 0 Å². The molecule has 0 aliphatic carbocycles. The van der Waals surface area contributed by atoms with E-state index in [-0.39, 0.29) is 18.0 Å². The number of carbonyl (C=O) groups is 1. The highest BCUT2D eigenvalue weighted by Crippen LogP contribution is 2.31. The monoisotopic (exact) mass is 417 g/mol. The van der Waals surface area contributed by atoms with E-state index in [1.807, 2.05) is 6.92 Å². The highest BCUT2D eigenvalue weighted by Gasteiger charge is 2.09. The van der Waals surface area contributed by atoms with Crippen LogP contribution < -0.4 is 9.47 Å². The van der Waals surface area contributed by atoms with E-state index in [2.05, 4.69) is 6.07 Å². The van der Waals surface area contributed by atoms with Crippen LogP contribution in [-0.4, -0.2) is 17.7 Å². The number of ether oxygens (including phenoxy) is 2. The van der Waals surface area contributed by atoms with Crippen LogP contribution in [0.1, 0.15) is 34.0 Å². The molecular formula is C25H20FNO4. The maximum atomic E-state index is 13.2. The summed E-state index contributed by atoms with van der Waals surface area (Å²) in [5, 5.41) is 18.5. The number of rotatable bonds is 8. The molecule has 6 heteroatoms. The fourth-order valence-electron chi connectivity index (χ4n) is 2.88. The van der Waals surface area contributed by atoms with E-state index in [9.17, 15) is 14.4 Å². The van der Waals surface area contributed by atoms with Gasteiger partial charge in [0.05, 0.1) is 23.8 Å². The van der Waals surface area contributed by atoms with Gasteiger partial charge in [0, 0.05) is 0 Å². The topological polar surface area (TPSA) is 79.5 Å². The Morgan fingerprint density at radius 1 is 1.00 bits per heavy atom. The number of aromatic carboxylic acids is 1. The first-order chi connectivity index (χ1) is 15.0. The lowest BCUT2D eigenvalue weighted by molar-refractivity contribution is 0.0697. The maximum absolute atomic E-state index is 13.2. The molecule has 0 aliphatic rings. The van der Waals surface area contributed by atoms with E-state index in [0.29, 0.717) is 29.2 Å². The quantitative estimate of drug-likeness (QED) is 0.383. The second kappa shape index (κ2) is 10.1. The second-order valence-corrected chi connectivity index (χ2v) is 6.61. The van der Waals surface area contributed by atoms with E-state index in [4.69, 9.17) is 14.6 Å². The third kappa shape index (κ3) is 5.71. The maximum Gasteiger partial charge on any atom is 0.335 e. The van der Waals surface area contributed by atoms with Crippen LogP contribution in [0.15, 0.2) is 66.7 Å². The number of hydrogen-bond acceptors (Lipinski definition) is 4. The van der Waals surface area contributed by atoms with Gasteiger partial charge in [-0.25, -0.2) is 9.18 Å². The van der Waals surface area contributed by atoms with Gasteiger partial charge in [-0.15, -0.1) is 0 Å². The van der Waals surface area contributed by atoms with Crippen molar-refractivity contribution in [2.75, 3.05) is 6.61 Å². The van der Waals surface area contributed by atoms with Crippen LogP contribution in [0, 0.1) is 17.1 Å². The molecule has 156 valence electrons. The molecule has 0 aliphatic heterocycles. The molecule has 0 amide bonds. The molecule has 0 unspecified atom stereocenters.